The fraction of sp³-hybridized carbons (Fsp3) is 0.154. The van der Waals surface area contributed by atoms with E-state index in [0.29, 0.717) is 16.9 Å². The van der Waals surface area contributed by atoms with E-state index in [2.05, 4.69) is 5.43 Å². The predicted octanol–water partition coefficient (Wildman–Crippen LogP) is 3.59. The van der Waals surface area contributed by atoms with Gasteiger partial charge in [-0.1, -0.05) is 42.5 Å². The molecule has 0 spiro atoms. The molecule has 9 nitrogen and oxygen atoms in total. The molecular formula is C26H21FN4O5. The van der Waals surface area contributed by atoms with E-state index in [1.807, 2.05) is 0 Å². The van der Waals surface area contributed by atoms with Gasteiger partial charge >= 0.3 is 0 Å². The van der Waals surface area contributed by atoms with Gasteiger partial charge in [0.1, 0.15) is 11.9 Å². The molecule has 5 rings (SSSR count). The zero-order chi connectivity index (χ0) is 25.4. The van der Waals surface area contributed by atoms with Gasteiger partial charge in [0.05, 0.1) is 28.7 Å². The fourth-order valence-corrected chi connectivity index (χ4v) is 4.57. The molecule has 2 amide bonds. The normalized spacial score (nSPS) is 22.4. The molecule has 4 unspecified atom stereocenters. The summed E-state index contributed by atoms with van der Waals surface area (Å²) in [5, 5.41) is 23.7. The molecule has 0 bridgehead atoms. The van der Waals surface area contributed by atoms with Crippen LogP contribution in [0.2, 0.25) is 0 Å². The van der Waals surface area contributed by atoms with Gasteiger partial charge in [0.25, 0.3) is 11.6 Å². The maximum Gasteiger partial charge on any atom is 0.269 e. The smallest absolute Gasteiger partial charge is 0.269 e. The summed E-state index contributed by atoms with van der Waals surface area (Å²) in [7, 11) is 0. The maximum atomic E-state index is 13.6. The molecule has 2 heterocycles. The van der Waals surface area contributed by atoms with Crippen molar-refractivity contribution in [3.8, 4) is 0 Å². The number of nitrogens with one attached hydrogen (secondary N) is 1. The quantitative estimate of drug-likeness (QED) is 0.236. The van der Waals surface area contributed by atoms with Gasteiger partial charge < -0.3 is 10.5 Å². The van der Waals surface area contributed by atoms with E-state index in [1.165, 1.54) is 53.5 Å². The molecule has 2 N–H and O–H groups in total. The van der Waals surface area contributed by atoms with Crippen LogP contribution in [0.15, 0.2) is 91.0 Å². The molecule has 3 aromatic carbocycles. The highest BCUT2D eigenvalue weighted by Gasteiger charge is 2.54. The Kier molecular flexibility index (Phi) is 6.05. The summed E-state index contributed by atoms with van der Waals surface area (Å²) >= 11 is 0. The highest BCUT2D eigenvalue weighted by molar-refractivity contribution is 6.24. The summed E-state index contributed by atoms with van der Waals surface area (Å²) in [4.78, 5) is 38.5. The molecule has 36 heavy (non-hydrogen) atoms. The number of halogens is 1. The number of aliphatic hydroxyl groups excluding tert-OH is 1. The third-order valence-corrected chi connectivity index (χ3v) is 6.34. The van der Waals surface area contributed by atoms with Gasteiger partial charge in [-0.05, 0) is 42.0 Å². The number of amides is 2. The molecule has 10 heteroatoms. The number of rotatable bonds is 6. The number of non-ortho nitro benzene ring substituents is 1. The summed E-state index contributed by atoms with van der Waals surface area (Å²) in [6.07, 6.45) is 2.06. The van der Waals surface area contributed by atoms with Gasteiger partial charge in [0, 0.05) is 17.8 Å². The Hall–Kier alpha value is -4.41. The van der Waals surface area contributed by atoms with Gasteiger partial charge in [-0.25, -0.2) is 14.3 Å². The minimum absolute atomic E-state index is 0.109. The number of anilines is 2. The van der Waals surface area contributed by atoms with Crippen molar-refractivity contribution < 1.29 is 24.0 Å². The Balaban J connectivity index is 1.53. The average molecular weight is 488 g/mol. The Morgan fingerprint density at radius 3 is 2.22 bits per heavy atom. The summed E-state index contributed by atoms with van der Waals surface area (Å²) in [6, 6.07) is 17.6. The Morgan fingerprint density at radius 2 is 1.58 bits per heavy atom. The first-order chi connectivity index (χ1) is 17.3. The first-order valence-electron chi connectivity index (χ1n) is 11.2. The minimum Gasteiger partial charge on any atom is -0.386 e. The molecular weight excluding hydrogens is 467 g/mol. The number of imide groups is 1. The first-order valence-corrected chi connectivity index (χ1v) is 11.2. The monoisotopic (exact) mass is 488 g/mol. The van der Waals surface area contributed by atoms with Crippen molar-refractivity contribution in [3.63, 3.8) is 0 Å². The molecule has 182 valence electrons. The number of carbonyl (C=O) groups is 2. The largest absolute Gasteiger partial charge is 0.386 e. The molecule has 0 aromatic heterocycles. The van der Waals surface area contributed by atoms with Crippen LogP contribution in [0.5, 0.6) is 0 Å². The van der Waals surface area contributed by atoms with Crippen LogP contribution in [-0.2, 0) is 9.59 Å². The Labute approximate surface area is 205 Å². The number of carbonyl (C=O) groups excluding carboxylic acids is 2. The van der Waals surface area contributed by atoms with Gasteiger partial charge in [0.15, 0.2) is 0 Å². The molecule has 3 aromatic rings. The second-order valence-electron chi connectivity index (χ2n) is 8.51. The number of aliphatic hydroxyl groups is 1. The van der Waals surface area contributed by atoms with E-state index in [0.717, 1.165) is 4.90 Å². The summed E-state index contributed by atoms with van der Waals surface area (Å²) in [5.74, 6) is -2.16. The lowest BCUT2D eigenvalue weighted by molar-refractivity contribution is -0.384. The average Bonchev–Trinajstić information content (AvgIpc) is 3.15. The van der Waals surface area contributed by atoms with Crippen molar-refractivity contribution in [2.45, 2.75) is 18.2 Å². The lowest BCUT2D eigenvalue weighted by atomic mass is 9.90. The van der Waals surface area contributed by atoms with Crippen LogP contribution < -0.4 is 10.3 Å². The molecule has 4 atom stereocenters. The lowest BCUT2D eigenvalue weighted by Crippen LogP contribution is -2.55. The number of benzene rings is 3. The number of nitrogens with zero attached hydrogens (tertiary/aromatic N) is 3. The van der Waals surface area contributed by atoms with Crippen LogP contribution in [0.4, 0.5) is 21.5 Å². The molecule has 2 aliphatic rings. The van der Waals surface area contributed by atoms with Crippen molar-refractivity contribution in [1.29, 1.82) is 0 Å². The summed E-state index contributed by atoms with van der Waals surface area (Å²) in [6.45, 7) is 0. The predicted molar refractivity (Wildman–Crippen MR) is 129 cm³/mol. The molecule has 0 aliphatic carbocycles. The first kappa shape index (κ1) is 23.3. The number of para-hydroxylation sites is 1. The Morgan fingerprint density at radius 1 is 0.917 bits per heavy atom. The number of nitro groups is 1. The van der Waals surface area contributed by atoms with Crippen LogP contribution in [0.3, 0.4) is 0 Å². The van der Waals surface area contributed by atoms with Crippen molar-refractivity contribution in [2.75, 3.05) is 10.3 Å². The molecule has 2 aliphatic heterocycles. The van der Waals surface area contributed by atoms with Crippen LogP contribution in [0.25, 0.3) is 0 Å². The van der Waals surface area contributed by atoms with Crippen LogP contribution >= 0.6 is 0 Å². The third-order valence-electron chi connectivity index (χ3n) is 6.34. The number of hydrogen-bond acceptors (Lipinski definition) is 7. The summed E-state index contributed by atoms with van der Waals surface area (Å²) in [5.41, 5.74) is 4.24. The van der Waals surface area contributed by atoms with Gasteiger partial charge in [-0.3, -0.25) is 19.7 Å². The highest BCUT2D eigenvalue weighted by atomic mass is 19.1. The van der Waals surface area contributed by atoms with Gasteiger partial charge in [0.2, 0.25) is 5.91 Å². The second-order valence-corrected chi connectivity index (χ2v) is 8.51. The highest BCUT2D eigenvalue weighted by Crippen LogP contribution is 2.38. The van der Waals surface area contributed by atoms with E-state index in [1.54, 1.807) is 42.5 Å². The molecule has 1 fully saturated rings. The van der Waals surface area contributed by atoms with Gasteiger partial charge in [-0.15, -0.1) is 0 Å². The maximum absolute atomic E-state index is 13.6. The van der Waals surface area contributed by atoms with E-state index in [9.17, 15) is 29.2 Å². The fourth-order valence-electron chi connectivity index (χ4n) is 4.57. The molecule has 1 saturated heterocycles. The van der Waals surface area contributed by atoms with Crippen molar-refractivity contribution in [2.24, 2.45) is 5.92 Å². The van der Waals surface area contributed by atoms with Crippen LogP contribution in [0.1, 0.15) is 11.7 Å². The van der Waals surface area contributed by atoms with Crippen molar-refractivity contribution in [3.05, 3.63) is 113 Å². The SMILES string of the molecule is O=C1C2C=CC(C(O)c3ccc(F)cc3)N(Nc3ccc([N+](=O)[O-])cc3)C2C(=O)N1c1ccccc1. The summed E-state index contributed by atoms with van der Waals surface area (Å²) < 4.78 is 13.5. The second kappa shape index (κ2) is 9.33. The van der Waals surface area contributed by atoms with Crippen LogP contribution in [0, 0.1) is 21.8 Å². The van der Waals surface area contributed by atoms with Crippen molar-refractivity contribution >= 4 is 28.9 Å². The molecule has 0 saturated carbocycles. The zero-order valence-electron chi connectivity index (χ0n) is 18.8. The standard InChI is InChI=1S/C26H21FN4O5/c27-17-8-6-16(7-9-17)24(32)22-15-14-21-23(26(34)29(25(21)33)19-4-2-1-3-5-19)30(22)28-18-10-12-20(13-11-18)31(35)36/h1-15,21-24,28,32H. The number of hydrogen-bond donors (Lipinski definition) is 2. The topological polar surface area (TPSA) is 116 Å². The van der Waals surface area contributed by atoms with E-state index in [-0.39, 0.29) is 5.69 Å². The number of fused-ring (bicyclic) bond motifs is 1. The molecule has 0 radical (unpaired) electrons. The minimum atomic E-state index is -1.18. The van der Waals surface area contributed by atoms with E-state index in [4.69, 9.17) is 0 Å². The lowest BCUT2D eigenvalue weighted by Gasteiger charge is -2.40. The van der Waals surface area contributed by atoms with E-state index >= 15 is 0 Å². The third kappa shape index (κ3) is 4.12. The Bertz CT molecular complexity index is 1330. The number of hydrazine groups is 1. The number of nitro benzene ring substituents is 1. The van der Waals surface area contributed by atoms with E-state index < -0.39 is 46.7 Å². The van der Waals surface area contributed by atoms with Crippen LogP contribution in [-0.4, -0.2) is 38.9 Å². The van der Waals surface area contributed by atoms with Gasteiger partial charge in [-0.2, -0.15) is 0 Å². The zero-order valence-corrected chi connectivity index (χ0v) is 18.8. The van der Waals surface area contributed by atoms with Crippen molar-refractivity contribution in [1.82, 2.24) is 5.01 Å².